The van der Waals surface area contributed by atoms with E-state index in [0.29, 0.717) is 26.2 Å². The number of hydrogen-bond acceptors (Lipinski definition) is 10. The SMILES string of the molecule is CNC(=O)CN(CCN(CCOO)CCOO)CCN(CC(=O)O)CC(=O)O. The second-order valence-corrected chi connectivity index (χ2v) is 5.96. The van der Waals surface area contributed by atoms with Gasteiger partial charge in [0.05, 0.1) is 32.8 Å². The summed E-state index contributed by atoms with van der Waals surface area (Å²) in [4.78, 5) is 46.5. The Bertz CT molecular complexity index is 443. The van der Waals surface area contributed by atoms with E-state index in [1.807, 2.05) is 4.90 Å². The van der Waals surface area contributed by atoms with Crippen LogP contribution in [0.3, 0.4) is 0 Å². The number of hydrogen-bond donors (Lipinski definition) is 5. The molecule has 0 rings (SSSR count). The summed E-state index contributed by atoms with van der Waals surface area (Å²) >= 11 is 0. The van der Waals surface area contributed by atoms with Crippen LogP contribution in [0.15, 0.2) is 0 Å². The number of rotatable bonds is 18. The number of carboxylic acids is 2. The molecule has 0 fully saturated rings. The summed E-state index contributed by atoms with van der Waals surface area (Å²) < 4.78 is 0. The molecule has 0 aromatic heterocycles. The molecule has 0 aliphatic heterocycles. The van der Waals surface area contributed by atoms with E-state index in [2.05, 4.69) is 15.1 Å². The summed E-state index contributed by atoms with van der Waals surface area (Å²) in [5.74, 6) is -2.52. The van der Waals surface area contributed by atoms with E-state index in [0.717, 1.165) is 0 Å². The molecule has 0 bridgehead atoms. The zero-order valence-corrected chi connectivity index (χ0v) is 15.9. The lowest BCUT2D eigenvalue weighted by molar-refractivity contribution is -0.251. The van der Waals surface area contributed by atoms with E-state index in [4.69, 9.17) is 20.7 Å². The van der Waals surface area contributed by atoms with Crippen LogP contribution in [0.1, 0.15) is 0 Å². The first kappa shape index (κ1) is 26.1. The van der Waals surface area contributed by atoms with Gasteiger partial charge in [-0.3, -0.25) is 39.6 Å². The lowest BCUT2D eigenvalue weighted by Crippen LogP contribution is -2.46. The van der Waals surface area contributed by atoms with Crippen molar-refractivity contribution in [1.82, 2.24) is 20.0 Å². The van der Waals surface area contributed by atoms with Gasteiger partial charge in [0.25, 0.3) is 0 Å². The Morgan fingerprint density at radius 1 is 0.714 bits per heavy atom. The molecule has 0 atom stereocenters. The second-order valence-electron chi connectivity index (χ2n) is 5.96. The minimum atomic E-state index is -1.14. The fourth-order valence-corrected chi connectivity index (χ4v) is 2.39. The molecule has 0 spiro atoms. The van der Waals surface area contributed by atoms with Crippen LogP contribution in [0, 0.1) is 0 Å². The molecule has 0 aliphatic rings. The molecule has 0 aromatic carbocycles. The zero-order valence-electron chi connectivity index (χ0n) is 15.9. The van der Waals surface area contributed by atoms with Gasteiger partial charge in [0.1, 0.15) is 0 Å². The van der Waals surface area contributed by atoms with Crippen LogP contribution < -0.4 is 5.32 Å². The minimum absolute atomic E-state index is 0.0469. The molecule has 13 heteroatoms. The van der Waals surface area contributed by atoms with Crippen LogP contribution in [0.25, 0.3) is 0 Å². The maximum Gasteiger partial charge on any atom is 0.317 e. The first-order valence-electron chi connectivity index (χ1n) is 8.66. The summed E-state index contributed by atoms with van der Waals surface area (Å²) in [6.45, 7) is 1.28. The average molecular weight is 410 g/mol. The Morgan fingerprint density at radius 3 is 1.54 bits per heavy atom. The molecule has 0 unspecified atom stereocenters. The lowest BCUT2D eigenvalue weighted by Gasteiger charge is -2.28. The predicted octanol–water partition coefficient (Wildman–Crippen LogP) is -2.21. The molecule has 0 saturated heterocycles. The molecular weight excluding hydrogens is 380 g/mol. The first-order chi connectivity index (χ1) is 13.3. The Kier molecular flexibility index (Phi) is 15.0. The van der Waals surface area contributed by atoms with Crippen molar-refractivity contribution in [3.63, 3.8) is 0 Å². The summed E-state index contributed by atoms with van der Waals surface area (Å²) in [6, 6.07) is 0. The molecule has 0 radical (unpaired) electrons. The van der Waals surface area contributed by atoms with Gasteiger partial charge in [-0.1, -0.05) is 0 Å². The molecular formula is C15H30N4O9. The van der Waals surface area contributed by atoms with Gasteiger partial charge in [-0.15, -0.1) is 0 Å². The van der Waals surface area contributed by atoms with Gasteiger partial charge in [0, 0.05) is 46.3 Å². The Hall–Kier alpha value is -1.87. The molecule has 0 aliphatic carbocycles. The highest BCUT2D eigenvalue weighted by Gasteiger charge is 2.17. The summed E-state index contributed by atoms with van der Waals surface area (Å²) in [6.07, 6.45) is 0. The van der Waals surface area contributed by atoms with Crippen LogP contribution in [0.4, 0.5) is 0 Å². The third-order valence-corrected chi connectivity index (χ3v) is 3.83. The molecule has 1 amide bonds. The van der Waals surface area contributed by atoms with E-state index in [9.17, 15) is 14.4 Å². The average Bonchev–Trinajstić information content (AvgIpc) is 2.63. The van der Waals surface area contributed by atoms with Gasteiger partial charge in [-0.05, 0) is 0 Å². The van der Waals surface area contributed by atoms with Gasteiger partial charge >= 0.3 is 11.9 Å². The van der Waals surface area contributed by atoms with Crippen LogP contribution >= 0.6 is 0 Å². The largest absolute Gasteiger partial charge is 0.480 e. The lowest BCUT2D eigenvalue weighted by atomic mass is 10.3. The highest BCUT2D eigenvalue weighted by atomic mass is 17.1. The van der Waals surface area contributed by atoms with Gasteiger partial charge < -0.3 is 15.5 Å². The maximum atomic E-state index is 11.7. The fraction of sp³-hybridized carbons (Fsp3) is 0.800. The van der Waals surface area contributed by atoms with Crippen LogP contribution in [-0.4, -0.2) is 132 Å². The van der Waals surface area contributed by atoms with Crippen molar-refractivity contribution in [1.29, 1.82) is 0 Å². The van der Waals surface area contributed by atoms with Gasteiger partial charge in [0.15, 0.2) is 0 Å². The normalized spacial score (nSPS) is 11.4. The summed E-state index contributed by atoms with van der Waals surface area (Å²) in [7, 11) is 1.49. The Labute approximate surface area is 162 Å². The smallest absolute Gasteiger partial charge is 0.317 e. The quantitative estimate of drug-likeness (QED) is 0.122. The highest BCUT2D eigenvalue weighted by Crippen LogP contribution is 1.97. The third-order valence-electron chi connectivity index (χ3n) is 3.83. The van der Waals surface area contributed by atoms with E-state index in [1.54, 1.807) is 4.90 Å². The van der Waals surface area contributed by atoms with Crippen molar-refractivity contribution in [3.05, 3.63) is 0 Å². The molecule has 0 saturated carbocycles. The Morgan fingerprint density at radius 2 is 1.14 bits per heavy atom. The third kappa shape index (κ3) is 14.2. The number of carbonyl (C=O) groups excluding carboxylic acids is 1. The van der Waals surface area contributed by atoms with Crippen LogP contribution in [-0.2, 0) is 24.2 Å². The molecule has 28 heavy (non-hydrogen) atoms. The number of nitrogens with one attached hydrogen (secondary N) is 1. The monoisotopic (exact) mass is 410 g/mol. The standard InChI is InChI=1S/C15H30N4O9/c1-16-13(20)10-18(3-2-17(6-8-27-25)7-9-28-26)4-5-19(11-14(21)22)12-15(23)24/h25-26H,2-12H2,1H3,(H,16,20)(H,21,22)(H,23,24). The molecule has 0 aromatic rings. The fourth-order valence-electron chi connectivity index (χ4n) is 2.39. The van der Waals surface area contributed by atoms with Crippen molar-refractivity contribution in [2.75, 3.05) is 79.2 Å². The van der Waals surface area contributed by atoms with Crippen molar-refractivity contribution in [2.24, 2.45) is 0 Å². The van der Waals surface area contributed by atoms with E-state index >= 15 is 0 Å². The maximum absolute atomic E-state index is 11.7. The number of likely N-dealkylation sites (N-methyl/N-ethyl adjacent to an activating group) is 1. The van der Waals surface area contributed by atoms with Gasteiger partial charge in [-0.2, -0.15) is 0 Å². The number of carboxylic acid groups (broad SMARTS) is 2. The van der Waals surface area contributed by atoms with Crippen molar-refractivity contribution >= 4 is 17.8 Å². The number of carbonyl (C=O) groups is 3. The summed E-state index contributed by atoms with van der Waals surface area (Å²) in [5, 5.41) is 37.3. The number of nitrogens with zero attached hydrogens (tertiary/aromatic N) is 3. The molecule has 164 valence electrons. The molecule has 0 heterocycles. The molecule has 13 nitrogen and oxygen atoms in total. The minimum Gasteiger partial charge on any atom is -0.480 e. The van der Waals surface area contributed by atoms with Crippen LogP contribution in [0.2, 0.25) is 0 Å². The molecule has 5 N–H and O–H groups in total. The first-order valence-corrected chi connectivity index (χ1v) is 8.66. The van der Waals surface area contributed by atoms with E-state index in [1.165, 1.54) is 11.9 Å². The van der Waals surface area contributed by atoms with Gasteiger partial charge in [0.2, 0.25) is 5.91 Å². The van der Waals surface area contributed by atoms with E-state index < -0.39 is 25.0 Å². The van der Waals surface area contributed by atoms with Crippen molar-refractivity contribution in [3.8, 4) is 0 Å². The highest BCUT2D eigenvalue weighted by molar-refractivity contribution is 5.77. The number of aliphatic carboxylic acids is 2. The van der Waals surface area contributed by atoms with Gasteiger partial charge in [-0.25, -0.2) is 9.78 Å². The second kappa shape index (κ2) is 16.1. The zero-order chi connectivity index (χ0) is 21.4. The Balaban J connectivity index is 4.81. The van der Waals surface area contributed by atoms with Crippen LogP contribution in [0.5, 0.6) is 0 Å². The van der Waals surface area contributed by atoms with Crippen molar-refractivity contribution < 1.29 is 44.9 Å². The topological polar surface area (TPSA) is 172 Å². The predicted molar refractivity (Wildman–Crippen MR) is 95.8 cm³/mol. The van der Waals surface area contributed by atoms with Crippen molar-refractivity contribution in [2.45, 2.75) is 0 Å². The summed E-state index contributed by atoms with van der Waals surface area (Å²) in [5.41, 5.74) is 0. The van der Waals surface area contributed by atoms with E-state index in [-0.39, 0.29) is 38.8 Å². The number of amides is 1.